The highest BCUT2D eigenvalue weighted by Gasteiger charge is 2.30. The van der Waals surface area contributed by atoms with Gasteiger partial charge in [-0.3, -0.25) is 4.79 Å². The van der Waals surface area contributed by atoms with E-state index in [0.29, 0.717) is 22.2 Å². The number of anilines is 1. The van der Waals surface area contributed by atoms with Gasteiger partial charge < -0.3 is 14.8 Å². The number of nitrogens with one attached hydrogen (secondary N) is 1. The van der Waals surface area contributed by atoms with E-state index in [9.17, 15) is 18.0 Å². The Balaban J connectivity index is 1.56. The third-order valence-electron chi connectivity index (χ3n) is 4.03. The molecule has 1 amide bonds. The fourth-order valence-corrected chi connectivity index (χ4v) is 2.60. The van der Waals surface area contributed by atoms with E-state index in [4.69, 9.17) is 21.1 Å². The maximum Gasteiger partial charge on any atom is 0.416 e. The molecule has 3 aromatic carbocycles. The van der Waals surface area contributed by atoms with Crippen LogP contribution in [0.15, 0.2) is 72.8 Å². The van der Waals surface area contributed by atoms with Crippen LogP contribution in [0.3, 0.4) is 0 Å². The van der Waals surface area contributed by atoms with Gasteiger partial charge in [-0.1, -0.05) is 11.6 Å². The SMILES string of the molecule is CC(Oc1ccc(Oc2ccc(C(F)(F)F)cc2)cc1)C(=O)Nc1ccc(Cl)cc1. The zero-order valence-corrected chi connectivity index (χ0v) is 16.5. The van der Waals surface area contributed by atoms with Gasteiger partial charge in [0.05, 0.1) is 5.56 Å². The molecule has 0 radical (unpaired) electrons. The Hall–Kier alpha value is -3.19. The standard InChI is InChI=1S/C22H17ClF3NO3/c1-14(21(28)27-17-6-4-16(23)5-7-17)29-18-10-12-20(13-11-18)30-19-8-2-15(3-9-19)22(24,25)26/h2-14H,1H3,(H,27,28). The Kier molecular flexibility index (Phi) is 6.52. The van der Waals surface area contributed by atoms with Crippen LogP contribution in [-0.2, 0) is 11.0 Å². The molecule has 1 atom stereocenters. The number of alkyl halides is 3. The summed E-state index contributed by atoms with van der Waals surface area (Å²) in [6.07, 6.45) is -5.16. The van der Waals surface area contributed by atoms with E-state index >= 15 is 0 Å². The number of carbonyl (C=O) groups excluding carboxylic acids is 1. The van der Waals surface area contributed by atoms with Crippen molar-refractivity contribution in [1.29, 1.82) is 0 Å². The van der Waals surface area contributed by atoms with E-state index in [0.717, 1.165) is 12.1 Å². The molecular weight excluding hydrogens is 419 g/mol. The summed E-state index contributed by atoms with van der Waals surface area (Å²) in [5, 5.41) is 3.29. The third kappa shape index (κ3) is 5.90. The molecule has 0 aliphatic heterocycles. The molecule has 0 spiro atoms. The minimum absolute atomic E-state index is 0.271. The van der Waals surface area contributed by atoms with E-state index in [-0.39, 0.29) is 11.7 Å². The Bertz CT molecular complexity index is 988. The van der Waals surface area contributed by atoms with Crippen molar-refractivity contribution < 1.29 is 27.4 Å². The molecular formula is C22H17ClF3NO3. The first kappa shape index (κ1) is 21.5. The minimum atomic E-state index is -4.39. The molecule has 3 aromatic rings. The summed E-state index contributed by atoms with van der Waals surface area (Å²) >= 11 is 5.81. The summed E-state index contributed by atoms with van der Waals surface area (Å²) in [4.78, 5) is 12.2. The van der Waals surface area contributed by atoms with Crippen molar-refractivity contribution >= 4 is 23.2 Å². The lowest BCUT2D eigenvalue weighted by atomic mass is 10.2. The van der Waals surface area contributed by atoms with Gasteiger partial charge in [0.2, 0.25) is 0 Å². The Labute approximate surface area is 176 Å². The lowest BCUT2D eigenvalue weighted by Gasteiger charge is -2.15. The van der Waals surface area contributed by atoms with Crippen molar-refractivity contribution in [1.82, 2.24) is 0 Å². The zero-order valence-electron chi connectivity index (χ0n) is 15.7. The minimum Gasteiger partial charge on any atom is -0.481 e. The van der Waals surface area contributed by atoms with Gasteiger partial charge in [0.1, 0.15) is 17.2 Å². The quantitative estimate of drug-likeness (QED) is 0.477. The summed E-state index contributed by atoms with van der Waals surface area (Å²) in [6.45, 7) is 1.61. The fourth-order valence-electron chi connectivity index (χ4n) is 2.47. The highest BCUT2D eigenvalue weighted by atomic mass is 35.5. The number of hydrogen-bond donors (Lipinski definition) is 1. The molecule has 0 aromatic heterocycles. The van der Waals surface area contributed by atoms with Crippen molar-refractivity contribution in [3.63, 3.8) is 0 Å². The summed E-state index contributed by atoms with van der Waals surface area (Å²) < 4.78 is 48.9. The number of rotatable bonds is 6. The maximum atomic E-state index is 12.6. The Morgan fingerprint density at radius 1 is 0.867 bits per heavy atom. The first-order valence-electron chi connectivity index (χ1n) is 8.89. The summed E-state index contributed by atoms with van der Waals surface area (Å²) in [7, 11) is 0. The molecule has 0 aliphatic carbocycles. The molecule has 4 nitrogen and oxygen atoms in total. The summed E-state index contributed by atoms with van der Waals surface area (Å²) in [5.74, 6) is 0.795. The van der Waals surface area contributed by atoms with Crippen molar-refractivity contribution in [2.24, 2.45) is 0 Å². The number of amides is 1. The molecule has 0 fully saturated rings. The second-order valence-corrected chi connectivity index (χ2v) is 6.79. The van der Waals surface area contributed by atoms with Gasteiger partial charge >= 0.3 is 6.18 Å². The van der Waals surface area contributed by atoms with Crippen LogP contribution in [0.25, 0.3) is 0 Å². The molecule has 1 N–H and O–H groups in total. The maximum absolute atomic E-state index is 12.6. The molecule has 0 saturated heterocycles. The van der Waals surface area contributed by atoms with Crippen molar-refractivity contribution in [2.45, 2.75) is 19.2 Å². The van der Waals surface area contributed by atoms with Crippen molar-refractivity contribution in [3.05, 3.63) is 83.4 Å². The van der Waals surface area contributed by atoms with Gasteiger partial charge in [0, 0.05) is 10.7 Å². The number of halogens is 4. The molecule has 0 aliphatic rings. The second kappa shape index (κ2) is 9.09. The average molecular weight is 436 g/mol. The predicted molar refractivity (Wildman–Crippen MR) is 108 cm³/mol. The molecule has 0 heterocycles. The average Bonchev–Trinajstić information content (AvgIpc) is 2.71. The lowest BCUT2D eigenvalue weighted by Crippen LogP contribution is -2.30. The highest BCUT2D eigenvalue weighted by Crippen LogP contribution is 2.31. The molecule has 0 saturated carbocycles. The van der Waals surface area contributed by atoms with Gasteiger partial charge in [0.25, 0.3) is 5.91 Å². The van der Waals surface area contributed by atoms with E-state index in [2.05, 4.69) is 5.32 Å². The molecule has 156 valence electrons. The van der Waals surface area contributed by atoms with E-state index in [1.807, 2.05) is 0 Å². The lowest BCUT2D eigenvalue weighted by molar-refractivity contribution is -0.137. The number of benzene rings is 3. The van der Waals surface area contributed by atoms with Gasteiger partial charge in [-0.15, -0.1) is 0 Å². The molecule has 1 unspecified atom stereocenters. The zero-order chi connectivity index (χ0) is 21.7. The largest absolute Gasteiger partial charge is 0.481 e. The Morgan fingerprint density at radius 2 is 1.37 bits per heavy atom. The monoisotopic (exact) mass is 435 g/mol. The van der Waals surface area contributed by atoms with Crippen LogP contribution in [0.2, 0.25) is 5.02 Å². The van der Waals surface area contributed by atoms with Gasteiger partial charge in [-0.05, 0) is 79.7 Å². The summed E-state index contributed by atoms with van der Waals surface area (Å²) in [5.41, 5.74) is -0.149. The fraction of sp³-hybridized carbons (Fsp3) is 0.136. The first-order chi connectivity index (χ1) is 14.2. The van der Waals surface area contributed by atoms with Crippen molar-refractivity contribution in [3.8, 4) is 17.2 Å². The topological polar surface area (TPSA) is 47.6 Å². The van der Waals surface area contributed by atoms with Crippen LogP contribution in [0.5, 0.6) is 17.2 Å². The predicted octanol–water partition coefficient (Wildman–Crippen LogP) is 6.56. The third-order valence-corrected chi connectivity index (χ3v) is 4.29. The normalized spacial score (nSPS) is 12.2. The van der Waals surface area contributed by atoms with Gasteiger partial charge in [0.15, 0.2) is 6.10 Å². The van der Waals surface area contributed by atoms with Crippen LogP contribution in [0.4, 0.5) is 18.9 Å². The van der Waals surface area contributed by atoms with Crippen molar-refractivity contribution in [2.75, 3.05) is 5.32 Å². The smallest absolute Gasteiger partial charge is 0.416 e. The molecule has 3 rings (SSSR count). The second-order valence-electron chi connectivity index (χ2n) is 6.35. The van der Waals surface area contributed by atoms with E-state index < -0.39 is 17.8 Å². The van der Waals surface area contributed by atoms with Crippen LogP contribution in [0, 0.1) is 0 Å². The molecule has 0 bridgehead atoms. The first-order valence-corrected chi connectivity index (χ1v) is 9.27. The number of carbonyl (C=O) groups is 1. The molecule has 8 heteroatoms. The van der Waals surface area contributed by atoms with Gasteiger partial charge in [-0.25, -0.2) is 0 Å². The highest BCUT2D eigenvalue weighted by molar-refractivity contribution is 6.30. The number of ether oxygens (including phenoxy) is 2. The van der Waals surface area contributed by atoms with Gasteiger partial charge in [-0.2, -0.15) is 13.2 Å². The van der Waals surface area contributed by atoms with Crippen LogP contribution >= 0.6 is 11.6 Å². The Morgan fingerprint density at radius 3 is 1.90 bits per heavy atom. The van der Waals surface area contributed by atoms with E-state index in [1.165, 1.54) is 12.1 Å². The summed E-state index contributed by atoms with van der Waals surface area (Å²) in [6, 6.07) is 17.5. The van der Waals surface area contributed by atoms with Crippen LogP contribution in [-0.4, -0.2) is 12.0 Å². The van der Waals surface area contributed by atoms with Crippen LogP contribution < -0.4 is 14.8 Å². The number of hydrogen-bond acceptors (Lipinski definition) is 3. The van der Waals surface area contributed by atoms with Crippen LogP contribution in [0.1, 0.15) is 12.5 Å². The molecule has 30 heavy (non-hydrogen) atoms. The van der Waals surface area contributed by atoms with E-state index in [1.54, 1.807) is 55.5 Å².